The summed E-state index contributed by atoms with van der Waals surface area (Å²) in [4.78, 5) is 21.8. The van der Waals surface area contributed by atoms with Crippen molar-refractivity contribution in [2.24, 2.45) is 5.92 Å². The highest BCUT2D eigenvalue weighted by Gasteiger charge is 2.10. The number of rotatable bonds is 7. The van der Waals surface area contributed by atoms with Crippen molar-refractivity contribution >= 4 is 11.9 Å². The number of aliphatic carboxylic acids is 1. The van der Waals surface area contributed by atoms with Crippen molar-refractivity contribution in [1.82, 2.24) is 10.5 Å². The van der Waals surface area contributed by atoms with Gasteiger partial charge in [0.1, 0.15) is 5.76 Å². The molecule has 0 saturated carbocycles. The summed E-state index contributed by atoms with van der Waals surface area (Å²) >= 11 is 0. The van der Waals surface area contributed by atoms with Crippen LogP contribution in [0.25, 0.3) is 0 Å². The molecular weight excluding hydrogens is 240 g/mol. The molecule has 0 aliphatic carbocycles. The smallest absolute Gasteiger partial charge is 0.303 e. The average molecular weight is 256 g/mol. The molecule has 7 nitrogen and oxygen atoms in total. The summed E-state index contributed by atoms with van der Waals surface area (Å²) in [5.41, 5.74) is 0. The van der Waals surface area contributed by atoms with Gasteiger partial charge in [0.2, 0.25) is 0 Å². The molecule has 0 bridgehead atoms. The summed E-state index contributed by atoms with van der Waals surface area (Å²) in [6.07, 6.45) is 0.0175. The first-order valence-electron chi connectivity index (χ1n) is 5.52. The first kappa shape index (κ1) is 14.0. The topological polar surface area (TPSA) is 102 Å². The summed E-state index contributed by atoms with van der Waals surface area (Å²) < 4.78 is 9.84. The third-order valence-electron chi connectivity index (χ3n) is 2.13. The Balaban J connectivity index is 2.19. The number of nitrogens with one attached hydrogen (secondary N) is 1. The molecule has 0 aliphatic rings. The Morgan fingerprint density at radius 2 is 2.33 bits per heavy atom. The molecule has 1 aromatic heterocycles. The molecule has 1 atom stereocenters. The largest absolute Gasteiger partial charge is 0.481 e. The first-order valence-corrected chi connectivity index (χ1v) is 5.52. The molecule has 1 amide bonds. The molecule has 0 aromatic carbocycles. The van der Waals surface area contributed by atoms with E-state index in [9.17, 15) is 9.59 Å². The van der Waals surface area contributed by atoms with Gasteiger partial charge < -0.3 is 19.7 Å². The van der Waals surface area contributed by atoms with Crippen LogP contribution < -0.4 is 10.1 Å². The van der Waals surface area contributed by atoms with E-state index in [1.165, 1.54) is 0 Å². The van der Waals surface area contributed by atoms with Crippen LogP contribution in [0.15, 0.2) is 10.6 Å². The van der Waals surface area contributed by atoms with Crippen LogP contribution in [-0.2, 0) is 9.59 Å². The molecule has 1 rings (SSSR count). The van der Waals surface area contributed by atoms with Gasteiger partial charge in [0.25, 0.3) is 11.8 Å². The van der Waals surface area contributed by atoms with E-state index in [4.69, 9.17) is 14.4 Å². The molecule has 100 valence electrons. The molecule has 1 unspecified atom stereocenters. The zero-order chi connectivity index (χ0) is 13.5. The second kappa shape index (κ2) is 6.63. The lowest BCUT2D eigenvalue weighted by Crippen LogP contribution is -2.33. The molecule has 1 heterocycles. The predicted molar refractivity (Wildman–Crippen MR) is 61.2 cm³/mol. The summed E-state index contributed by atoms with van der Waals surface area (Å²) in [6.45, 7) is 3.59. The highest BCUT2D eigenvalue weighted by Crippen LogP contribution is 2.09. The van der Waals surface area contributed by atoms with Gasteiger partial charge in [0, 0.05) is 19.0 Å². The van der Waals surface area contributed by atoms with E-state index >= 15 is 0 Å². The van der Waals surface area contributed by atoms with Crippen molar-refractivity contribution in [1.29, 1.82) is 0 Å². The number of nitrogens with zero attached hydrogens (tertiary/aromatic N) is 1. The third kappa shape index (κ3) is 5.33. The maximum absolute atomic E-state index is 11.4. The van der Waals surface area contributed by atoms with E-state index < -0.39 is 5.97 Å². The number of hydrogen-bond donors (Lipinski definition) is 2. The lowest BCUT2D eigenvalue weighted by molar-refractivity contribution is -0.138. The van der Waals surface area contributed by atoms with Gasteiger partial charge in [-0.2, -0.15) is 0 Å². The van der Waals surface area contributed by atoms with Crippen molar-refractivity contribution in [3.63, 3.8) is 0 Å². The monoisotopic (exact) mass is 256 g/mol. The number of aromatic nitrogens is 1. The van der Waals surface area contributed by atoms with E-state index in [0.29, 0.717) is 12.3 Å². The maximum atomic E-state index is 11.4. The minimum absolute atomic E-state index is 0.0175. The van der Waals surface area contributed by atoms with Gasteiger partial charge in [0.05, 0.1) is 0 Å². The summed E-state index contributed by atoms with van der Waals surface area (Å²) in [6, 6.07) is 1.57. The standard InChI is InChI=1S/C11H16N2O5/c1-7(3-11(15)16)5-12-9(14)6-17-10-4-8(2)18-13-10/h4,7H,3,5-6H2,1-2H3,(H,12,14)(H,15,16). The van der Waals surface area contributed by atoms with Crippen molar-refractivity contribution in [2.45, 2.75) is 20.3 Å². The molecule has 2 N–H and O–H groups in total. The maximum Gasteiger partial charge on any atom is 0.303 e. The van der Waals surface area contributed by atoms with Gasteiger partial charge in [-0.25, -0.2) is 0 Å². The Labute approximate surface area is 104 Å². The molecule has 0 aliphatic heterocycles. The van der Waals surface area contributed by atoms with Crippen LogP contribution >= 0.6 is 0 Å². The lowest BCUT2D eigenvalue weighted by atomic mass is 10.1. The average Bonchev–Trinajstić information content (AvgIpc) is 2.69. The van der Waals surface area contributed by atoms with Crippen LogP contribution in [0.1, 0.15) is 19.1 Å². The minimum Gasteiger partial charge on any atom is -0.481 e. The fourth-order valence-electron chi connectivity index (χ4n) is 1.26. The van der Waals surface area contributed by atoms with E-state index in [0.717, 1.165) is 0 Å². The van der Waals surface area contributed by atoms with Crippen molar-refractivity contribution in [3.05, 3.63) is 11.8 Å². The third-order valence-corrected chi connectivity index (χ3v) is 2.13. The van der Waals surface area contributed by atoms with Crippen molar-refractivity contribution < 1.29 is 24.0 Å². The normalized spacial score (nSPS) is 11.9. The second-order valence-corrected chi connectivity index (χ2v) is 4.07. The number of carboxylic acids is 1. The molecule has 1 aromatic rings. The molecule has 0 radical (unpaired) electrons. The quantitative estimate of drug-likeness (QED) is 0.740. The summed E-state index contributed by atoms with van der Waals surface area (Å²) in [7, 11) is 0. The Hall–Kier alpha value is -2.05. The van der Waals surface area contributed by atoms with Gasteiger partial charge in [-0.05, 0) is 18.0 Å². The molecular formula is C11H16N2O5. The first-order chi connectivity index (χ1) is 8.47. The Morgan fingerprint density at radius 1 is 1.61 bits per heavy atom. The molecule has 0 fully saturated rings. The molecule has 0 saturated heterocycles. The van der Waals surface area contributed by atoms with E-state index in [1.807, 2.05) is 0 Å². The Kier molecular flexibility index (Phi) is 5.16. The van der Waals surface area contributed by atoms with Crippen LogP contribution in [0.5, 0.6) is 5.88 Å². The molecule has 7 heteroatoms. The van der Waals surface area contributed by atoms with Gasteiger partial charge in [0.15, 0.2) is 6.61 Å². The predicted octanol–water partition coefficient (Wildman–Crippen LogP) is 0.589. The number of amides is 1. The number of carbonyl (C=O) groups is 2. The fourth-order valence-corrected chi connectivity index (χ4v) is 1.26. The van der Waals surface area contributed by atoms with E-state index in [-0.39, 0.29) is 30.7 Å². The zero-order valence-corrected chi connectivity index (χ0v) is 10.3. The highest BCUT2D eigenvalue weighted by molar-refractivity contribution is 5.77. The number of hydrogen-bond acceptors (Lipinski definition) is 5. The van der Waals surface area contributed by atoms with Crippen LogP contribution in [0.3, 0.4) is 0 Å². The van der Waals surface area contributed by atoms with Crippen LogP contribution in [0, 0.1) is 12.8 Å². The van der Waals surface area contributed by atoms with Crippen LogP contribution in [0.2, 0.25) is 0 Å². The van der Waals surface area contributed by atoms with Crippen molar-refractivity contribution in [3.8, 4) is 5.88 Å². The number of carbonyl (C=O) groups excluding carboxylic acids is 1. The van der Waals surface area contributed by atoms with Crippen LogP contribution in [-0.4, -0.2) is 35.3 Å². The number of ether oxygens (including phenoxy) is 1. The molecule has 0 spiro atoms. The Bertz CT molecular complexity index is 415. The van der Waals surface area contributed by atoms with Gasteiger partial charge in [-0.3, -0.25) is 9.59 Å². The summed E-state index contributed by atoms with van der Waals surface area (Å²) in [5.74, 6) is -0.485. The van der Waals surface area contributed by atoms with Crippen molar-refractivity contribution in [2.75, 3.05) is 13.2 Å². The fraction of sp³-hybridized carbons (Fsp3) is 0.545. The zero-order valence-electron chi connectivity index (χ0n) is 10.3. The van der Waals surface area contributed by atoms with Gasteiger partial charge in [-0.15, -0.1) is 0 Å². The van der Waals surface area contributed by atoms with Gasteiger partial charge in [-0.1, -0.05) is 6.92 Å². The number of carboxylic acid groups (broad SMARTS) is 1. The second-order valence-electron chi connectivity index (χ2n) is 4.07. The van der Waals surface area contributed by atoms with Crippen LogP contribution in [0.4, 0.5) is 0 Å². The van der Waals surface area contributed by atoms with E-state index in [2.05, 4.69) is 10.5 Å². The minimum atomic E-state index is -0.883. The van der Waals surface area contributed by atoms with Gasteiger partial charge >= 0.3 is 5.97 Å². The summed E-state index contributed by atoms with van der Waals surface area (Å²) in [5, 5.41) is 14.7. The van der Waals surface area contributed by atoms with E-state index in [1.54, 1.807) is 19.9 Å². The molecule has 18 heavy (non-hydrogen) atoms. The highest BCUT2D eigenvalue weighted by atomic mass is 16.5. The number of aryl methyl sites for hydroxylation is 1. The SMILES string of the molecule is Cc1cc(OCC(=O)NCC(C)CC(=O)O)no1. The Morgan fingerprint density at radius 3 is 2.89 bits per heavy atom. The lowest BCUT2D eigenvalue weighted by Gasteiger charge is -2.10.